The topological polar surface area (TPSA) is 26.0 Å². The highest BCUT2D eigenvalue weighted by Gasteiger charge is 2.19. The van der Waals surface area contributed by atoms with Crippen molar-refractivity contribution in [2.45, 2.75) is 30.9 Å². The van der Waals surface area contributed by atoms with Gasteiger partial charge in [-0.1, -0.05) is 48.2 Å². The van der Waals surface area contributed by atoms with Crippen molar-refractivity contribution in [1.82, 2.24) is 4.98 Å². The number of allylic oxidation sites excluding steroid dienone is 8. The maximum Gasteiger partial charge on any atom is 0.256 e. The minimum atomic E-state index is 0.741. The molecule has 2 nitrogen and oxygen atoms in total. The minimum Gasteiger partial charge on any atom is -0.431 e. The van der Waals surface area contributed by atoms with Gasteiger partial charge in [0, 0.05) is 5.57 Å². The molecule has 3 heteroatoms. The van der Waals surface area contributed by atoms with E-state index >= 15 is 0 Å². The van der Waals surface area contributed by atoms with Gasteiger partial charge in [0.15, 0.2) is 5.76 Å². The van der Waals surface area contributed by atoms with Crippen molar-refractivity contribution in [3.05, 3.63) is 47.9 Å². The smallest absolute Gasteiger partial charge is 0.256 e. The molecule has 2 aliphatic rings. The first-order chi connectivity index (χ1) is 9.38. The van der Waals surface area contributed by atoms with E-state index in [0.29, 0.717) is 0 Å². The summed E-state index contributed by atoms with van der Waals surface area (Å²) in [6.45, 7) is 0. The lowest BCUT2D eigenvalue weighted by atomic mass is 9.98. The minimum absolute atomic E-state index is 0.741. The van der Waals surface area contributed by atoms with E-state index in [1.807, 2.05) is 6.26 Å². The van der Waals surface area contributed by atoms with Crippen molar-refractivity contribution < 1.29 is 4.42 Å². The summed E-state index contributed by atoms with van der Waals surface area (Å²) in [5, 5.41) is 0.741. The molecule has 0 aliphatic heterocycles. The zero-order valence-corrected chi connectivity index (χ0v) is 11.9. The normalized spacial score (nSPS) is 18.4. The molecule has 1 aromatic rings. The van der Waals surface area contributed by atoms with Crippen molar-refractivity contribution in [3.8, 4) is 0 Å². The summed E-state index contributed by atoms with van der Waals surface area (Å²) in [5.74, 6) is 0.915. The van der Waals surface area contributed by atoms with E-state index in [2.05, 4.69) is 41.4 Å². The Balaban J connectivity index is 2.05. The third kappa shape index (κ3) is 2.61. The van der Waals surface area contributed by atoms with Gasteiger partial charge >= 0.3 is 0 Å². The monoisotopic (exact) mass is 271 g/mol. The Kier molecular flexibility index (Phi) is 3.74. The largest absolute Gasteiger partial charge is 0.431 e. The van der Waals surface area contributed by atoms with E-state index < -0.39 is 0 Å². The highest BCUT2D eigenvalue weighted by Crippen LogP contribution is 2.33. The zero-order chi connectivity index (χ0) is 13.1. The van der Waals surface area contributed by atoms with Crippen LogP contribution in [-0.4, -0.2) is 11.2 Å². The van der Waals surface area contributed by atoms with Gasteiger partial charge in [-0.15, -0.1) is 0 Å². The molecule has 98 valence electrons. The van der Waals surface area contributed by atoms with Crippen LogP contribution in [0.3, 0.4) is 0 Å². The molecular formula is C16H17NOS. The highest BCUT2D eigenvalue weighted by atomic mass is 32.2. The molecule has 0 fully saturated rings. The standard InChI is InChI=1S/C16H17NOS/c1-19-16-17-14(12-8-4-2-5-9-12)15(18-16)13-10-6-3-7-11-13/h4,6,8-11H,2-3,5,7H2,1H3. The molecule has 1 heterocycles. The third-order valence-corrected chi connectivity index (χ3v) is 3.83. The summed E-state index contributed by atoms with van der Waals surface area (Å²) < 4.78 is 5.91. The fourth-order valence-corrected chi connectivity index (χ4v) is 2.70. The van der Waals surface area contributed by atoms with Crippen LogP contribution in [0, 0.1) is 0 Å². The molecule has 3 rings (SSSR count). The van der Waals surface area contributed by atoms with Gasteiger partial charge in [-0.25, -0.2) is 4.98 Å². The SMILES string of the molecule is CSc1nc(C2=CCCC=C2)c(C2=CCCC=C2)o1. The van der Waals surface area contributed by atoms with Gasteiger partial charge in [-0.2, -0.15) is 0 Å². The van der Waals surface area contributed by atoms with Crippen LogP contribution in [0.4, 0.5) is 0 Å². The van der Waals surface area contributed by atoms with Gasteiger partial charge in [0.2, 0.25) is 0 Å². The van der Waals surface area contributed by atoms with Gasteiger partial charge in [0.1, 0.15) is 5.69 Å². The van der Waals surface area contributed by atoms with Gasteiger partial charge in [-0.3, -0.25) is 0 Å². The molecule has 0 aromatic carbocycles. The molecule has 0 radical (unpaired) electrons. The summed E-state index contributed by atoms with van der Waals surface area (Å²) in [5.41, 5.74) is 3.33. The predicted molar refractivity (Wildman–Crippen MR) is 81.0 cm³/mol. The van der Waals surface area contributed by atoms with Crippen LogP contribution in [-0.2, 0) is 0 Å². The van der Waals surface area contributed by atoms with Crippen LogP contribution in [0.2, 0.25) is 0 Å². The number of thioether (sulfide) groups is 1. The van der Waals surface area contributed by atoms with Gasteiger partial charge < -0.3 is 4.42 Å². The Morgan fingerprint density at radius 2 is 1.68 bits per heavy atom. The lowest BCUT2D eigenvalue weighted by molar-refractivity contribution is 0.445. The second-order valence-electron chi connectivity index (χ2n) is 4.64. The molecule has 0 amide bonds. The van der Waals surface area contributed by atoms with Crippen molar-refractivity contribution in [3.63, 3.8) is 0 Å². The van der Waals surface area contributed by atoms with E-state index in [9.17, 15) is 0 Å². The average molecular weight is 271 g/mol. The first-order valence-corrected chi connectivity index (χ1v) is 7.90. The van der Waals surface area contributed by atoms with E-state index in [1.54, 1.807) is 11.8 Å². The van der Waals surface area contributed by atoms with E-state index in [4.69, 9.17) is 4.42 Å². The van der Waals surface area contributed by atoms with E-state index in [-0.39, 0.29) is 0 Å². The number of hydrogen-bond acceptors (Lipinski definition) is 3. The lowest BCUT2D eigenvalue weighted by Crippen LogP contribution is -1.92. The molecule has 0 saturated heterocycles. The van der Waals surface area contributed by atoms with Gasteiger partial charge in [0.05, 0.1) is 0 Å². The van der Waals surface area contributed by atoms with Crippen molar-refractivity contribution in [2.24, 2.45) is 0 Å². The van der Waals surface area contributed by atoms with Gasteiger partial charge in [-0.05, 0) is 37.5 Å². The van der Waals surface area contributed by atoms with Crippen LogP contribution < -0.4 is 0 Å². The molecule has 0 spiro atoms. The molecule has 1 aromatic heterocycles. The number of oxazole rings is 1. The summed E-state index contributed by atoms with van der Waals surface area (Å²) in [4.78, 5) is 4.63. The molecule has 0 saturated carbocycles. The van der Waals surface area contributed by atoms with Crippen LogP contribution in [0.1, 0.15) is 37.1 Å². The fraction of sp³-hybridized carbons (Fsp3) is 0.312. The summed E-state index contributed by atoms with van der Waals surface area (Å²) in [6, 6.07) is 0. The fourth-order valence-electron chi connectivity index (χ4n) is 2.35. The summed E-state index contributed by atoms with van der Waals surface area (Å²) in [6.07, 6.45) is 19.6. The zero-order valence-electron chi connectivity index (χ0n) is 11.1. The number of nitrogens with zero attached hydrogens (tertiary/aromatic N) is 1. The second-order valence-corrected chi connectivity index (χ2v) is 5.40. The molecule has 0 bridgehead atoms. The second kappa shape index (κ2) is 5.66. The lowest BCUT2D eigenvalue weighted by Gasteiger charge is -2.08. The first-order valence-electron chi connectivity index (χ1n) is 6.67. The number of aromatic nitrogens is 1. The maximum absolute atomic E-state index is 5.91. The number of rotatable bonds is 3. The molecule has 0 unspecified atom stereocenters. The molecule has 0 N–H and O–H groups in total. The van der Waals surface area contributed by atoms with Gasteiger partial charge in [0.25, 0.3) is 5.22 Å². The van der Waals surface area contributed by atoms with Crippen LogP contribution >= 0.6 is 11.8 Å². The summed E-state index contributed by atoms with van der Waals surface area (Å²) >= 11 is 1.55. The molecule has 0 atom stereocenters. The average Bonchev–Trinajstić information content (AvgIpc) is 2.93. The van der Waals surface area contributed by atoms with Crippen molar-refractivity contribution in [1.29, 1.82) is 0 Å². The summed E-state index contributed by atoms with van der Waals surface area (Å²) in [7, 11) is 0. The third-order valence-electron chi connectivity index (χ3n) is 3.31. The molecule has 2 aliphatic carbocycles. The van der Waals surface area contributed by atoms with E-state index in [0.717, 1.165) is 47.9 Å². The maximum atomic E-state index is 5.91. The van der Waals surface area contributed by atoms with Crippen LogP contribution in [0.15, 0.2) is 46.1 Å². The Bertz CT molecular complexity index is 540. The van der Waals surface area contributed by atoms with E-state index in [1.165, 1.54) is 5.57 Å². The quantitative estimate of drug-likeness (QED) is 0.734. The van der Waals surface area contributed by atoms with Crippen LogP contribution in [0.5, 0.6) is 0 Å². The molecular weight excluding hydrogens is 254 g/mol. The highest BCUT2D eigenvalue weighted by molar-refractivity contribution is 7.98. The van der Waals surface area contributed by atoms with Crippen molar-refractivity contribution in [2.75, 3.05) is 6.26 Å². The Hall–Kier alpha value is -1.48. The van der Waals surface area contributed by atoms with Crippen molar-refractivity contribution >= 4 is 22.9 Å². The first kappa shape index (κ1) is 12.5. The molecule has 19 heavy (non-hydrogen) atoms. The predicted octanol–water partition coefficient (Wildman–Crippen LogP) is 4.86. The number of hydrogen-bond donors (Lipinski definition) is 0. The van der Waals surface area contributed by atoms with Crippen LogP contribution in [0.25, 0.3) is 11.1 Å². The Labute approximate surface area is 118 Å². The Morgan fingerprint density at radius 1 is 1.00 bits per heavy atom. The Morgan fingerprint density at radius 3 is 2.26 bits per heavy atom.